The number of amides is 1. The first kappa shape index (κ1) is 21.6. The predicted molar refractivity (Wildman–Crippen MR) is 127 cm³/mol. The van der Waals surface area contributed by atoms with Gasteiger partial charge in [0.05, 0.1) is 5.41 Å². The minimum absolute atomic E-state index is 0.135. The molecule has 5 heteroatoms. The second-order valence-electron chi connectivity index (χ2n) is 10.9. The van der Waals surface area contributed by atoms with Crippen molar-refractivity contribution in [3.05, 3.63) is 35.9 Å². The van der Waals surface area contributed by atoms with Gasteiger partial charge in [-0.15, -0.1) is 11.6 Å². The molecule has 0 spiro atoms. The van der Waals surface area contributed by atoms with Crippen LogP contribution in [0, 0.1) is 23.2 Å². The van der Waals surface area contributed by atoms with Crippen LogP contribution in [0.2, 0.25) is 0 Å². The molecule has 2 N–H and O–H groups in total. The molecule has 6 rings (SSSR count). The molecule has 4 bridgehead atoms. The fourth-order valence-corrected chi connectivity index (χ4v) is 8.12. The van der Waals surface area contributed by atoms with Crippen LogP contribution >= 0.6 is 11.6 Å². The summed E-state index contributed by atoms with van der Waals surface area (Å²) in [7, 11) is 2.20. The molecule has 0 aromatic heterocycles. The van der Waals surface area contributed by atoms with Crippen LogP contribution in [0.4, 0.5) is 0 Å². The van der Waals surface area contributed by atoms with Crippen LogP contribution in [0.25, 0.3) is 0 Å². The van der Waals surface area contributed by atoms with Gasteiger partial charge in [-0.1, -0.05) is 30.3 Å². The Balaban J connectivity index is 1.43. The molecule has 1 amide bonds. The molecular formula is C26H36ClN3O. The van der Waals surface area contributed by atoms with E-state index < -0.39 is 0 Å². The minimum Gasteiger partial charge on any atom is -0.328 e. The first-order valence-corrected chi connectivity index (χ1v) is 12.7. The maximum absolute atomic E-state index is 13.8. The van der Waals surface area contributed by atoms with Crippen molar-refractivity contribution in [2.45, 2.75) is 68.9 Å². The van der Waals surface area contributed by atoms with Crippen molar-refractivity contribution >= 4 is 23.7 Å². The number of aliphatic imine (C=N–C) groups is 1. The van der Waals surface area contributed by atoms with E-state index in [2.05, 4.69) is 47.3 Å². The van der Waals surface area contributed by atoms with Crippen LogP contribution in [0.3, 0.4) is 0 Å². The van der Waals surface area contributed by atoms with Gasteiger partial charge in [0, 0.05) is 30.7 Å². The Labute approximate surface area is 191 Å². The largest absolute Gasteiger partial charge is 0.328 e. The molecular weight excluding hydrogens is 406 g/mol. The SMILES string of the molecule is CN(CCCl)C1C2CC3(c4ccccc4)CC1C(C(=O)/N=C/C1CCC(N)CC1)(C2)C3. The molecule has 0 saturated heterocycles. The minimum atomic E-state index is -0.300. The third kappa shape index (κ3) is 3.59. The number of alkyl halides is 1. The fraction of sp³-hybridized carbons (Fsp3) is 0.692. The smallest absolute Gasteiger partial charge is 0.251 e. The first-order valence-electron chi connectivity index (χ1n) is 12.1. The van der Waals surface area contributed by atoms with Crippen LogP contribution in [-0.2, 0) is 10.2 Å². The van der Waals surface area contributed by atoms with E-state index in [1.807, 2.05) is 6.21 Å². The molecule has 0 radical (unpaired) electrons. The van der Waals surface area contributed by atoms with E-state index in [4.69, 9.17) is 17.3 Å². The Morgan fingerprint density at radius 1 is 1.19 bits per heavy atom. The molecule has 5 saturated carbocycles. The van der Waals surface area contributed by atoms with Crippen molar-refractivity contribution in [3.63, 3.8) is 0 Å². The summed E-state index contributed by atoms with van der Waals surface area (Å²) in [6.07, 6.45) is 10.4. The second kappa shape index (κ2) is 8.28. The van der Waals surface area contributed by atoms with Crippen molar-refractivity contribution in [1.82, 2.24) is 4.90 Å². The van der Waals surface area contributed by atoms with Gasteiger partial charge >= 0.3 is 0 Å². The number of benzene rings is 1. The molecule has 1 aromatic rings. The first-order chi connectivity index (χ1) is 15.0. The van der Waals surface area contributed by atoms with Crippen LogP contribution in [0.5, 0.6) is 0 Å². The molecule has 31 heavy (non-hydrogen) atoms. The molecule has 4 nitrogen and oxygen atoms in total. The van der Waals surface area contributed by atoms with E-state index in [-0.39, 0.29) is 16.7 Å². The maximum Gasteiger partial charge on any atom is 0.251 e. The maximum atomic E-state index is 13.8. The van der Waals surface area contributed by atoms with Crippen molar-refractivity contribution in [2.75, 3.05) is 19.5 Å². The second-order valence-corrected chi connectivity index (χ2v) is 11.3. The number of carbonyl (C=O) groups is 1. The Morgan fingerprint density at radius 3 is 2.65 bits per heavy atom. The lowest BCUT2D eigenvalue weighted by atomic mass is 9.63. The number of carbonyl (C=O) groups excluding carboxylic acids is 1. The lowest BCUT2D eigenvalue weighted by Crippen LogP contribution is -2.46. The van der Waals surface area contributed by atoms with E-state index in [1.54, 1.807) is 0 Å². The highest BCUT2D eigenvalue weighted by atomic mass is 35.5. The van der Waals surface area contributed by atoms with Gasteiger partial charge in [0.1, 0.15) is 0 Å². The molecule has 5 atom stereocenters. The summed E-state index contributed by atoms with van der Waals surface area (Å²) in [6, 6.07) is 11.7. The molecule has 5 aliphatic carbocycles. The number of nitrogens with zero attached hydrogens (tertiary/aromatic N) is 2. The van der Waals surface area contributed by atoms with Gasteiger partial charge in [0.15, 0.2) is 0 Å². The normalized spacial score (nSPS) is 41.5. The third-order valence-corrected chi connectivity index (χ3v) is 9.30. The Kier molecular flexibility index (Phi) is 5.77. The molecule has 0 aliphatic heterocycles. The Hall–Kier alpha value is -1.23. The van der Waals surface area contributed by atoms with E-state index in [9.17, 15) is 4.79 Å². The van der Waals surface area contributed by atoms with Gasteiger partial charge in [-0.2, -0.15) is 0 Å². The average Bonchev–Trinajstić information content (AvgIpc) is 3.16. The van der Waals surface area contributed by atoms with E-state index in [0.717, 1.165) is 51.5 Å². The van der Waals surface area contributed by atoms with E-state index >= 15 is 0 Å². The van der Waals surface area contributed by atoms with Gasteiger partial charge in [-0.3, -0.25) is 4.79 Å². The van der Waals surface area contributed by atoms with Crippen molar-refractivity contribution < 1.29 is 4.79 Å². The monoisotopic (exact) mass is 441 g/mol. The zero-order chi connectivity index (χ0) is 21.6. The zero-order valence-corrected chi connectivity index (χ0v) is 19.4. The van der Waals surface area contributed by atoms with Crippen LogP contribution in [-0.4, -0.2) is 48.6 Å². The van der Waals surface area contributed by atoms with Gasteiger partial charge in [0.25, 0.3) is 5.91 Å². The standard InChI is InChI=1S/C26H36ClN3O/c1-30(12-11-27)23-19-13-25(20-5-3-2-4-6-20)15-22(23)26(14-19,17-25)24(31)29-16-18-7-9-21(28)10-8-18/h2-6,16,18-19,21-23H,7-15,17,28H2,1H3/b29-16+. The summed E-state index contributed by atoms with van der Waals surface area (Å²) in [4.78, 5) is 20.8. The van der Waals surface area contributed by atoms with Crippen molar-refractivity contribution in [3.8, 4) is 0 Å². The fourth-order valence-electron chi connectivity index (χ4n) is 7.86. The molecule has 0 heterocycles. The molecule has 5 unspecified atom stereocenters. The third-order valence-electron chi connectivity index (χ3n) is 9.13. The highest BCUT2D eigenvalue weighted by Crippen LogP contribution is 2.71. The lowest BCUT2D eigenvalue weighted by Gasteiger charge is -2.45. The van der Waals surface area contributed by atoms with Gasteiger partial charge < -0.3 is 10.6 Å². The molecule has 5 aliphatic rings. The quantitative estimate of drug-likeness (QED) is 0.525. The number of hydrogen-bond acceptors (Lipinski definition) is 3. The summed E-state index contributed by atoms with van der Waals surface area (Å²) in [5.74, 6) is 2.13. The summed E-state index contributed by atoms with van der Waals surface area (Å²) < 4.78 is 0. The van der Waals surface area contributed by atoms with E-state index in [1.165, 1.54) is 12.0 Å². The van der Waals surface area contributed by atoms with Crippen molar-refractivity contribution in [2.24, 2.45) is 33.9 Å². The summed E-state index contributed by atoms with van der Waals surface area (Å²) in [5, 5.41) is 0. The number of nitrogens with two attached hydrogens (primary N) is 1. The number of hydrogen-bond donors (Lipinski definition) is 1. The van der Waals surface area contributed by atoms with Gasteiger partial charge in [-0.05, 0) is 87.1 Å². The van der Waals surface area contributed by atoms with Gasteiger partial charge in [0.2, 0.25) is 0 Å². The highest BCUT2D eigenvalue weighted by molar-refractivity contribution is 6.18. The van der Waals surface area contributed by atoms with Crippen LogP contribution < -0.4 is 5.73 Å². The number of rotatable bonds is 6. The average molecular weight is 442 g/mol. The van der Waals surface area contributed by atoms with E-state index in [0.29, 0.717) is 35.7 Å². The highest BCUT2D eigenvalue weighted by Gasteiger charge is 2.71. The summed E-state index contributed by atoms with van der Waals surface area (Å²) >= 11 is 6.10. The molecule has 1 aromatic carbocycles. The predicted octanol–water partition coefficient (Wildman–Crippen LogP) is 4.40. The van der Waals surface area contributed by atoms with Crippen LogP contribution in [0.1, 0.15) is 56.9 Å². The zero-order valence-electron chi connectivity index (χ0n) is 18.7. The number of halogens is 1. The molecule has 168 valence electrons. The summed E-state index contributed by atoms with van der Waals surface area (Å²) in [6.45, 7) is 0.882. The van der Waals surface area contributed by atoms with Crippen LogP contribution in [0.15, 0.2) is 35.3 Å². The topological polar surface area (TPSA) is 58.7 Å². The Morgan fingerprint density at radius 2 is 1.94 bits per heavy atom. The lowest BCUT2D eigenvalue weighted by molar-refractivity contribution is -0.129. The van der Waals surface area contributed by atoms with Crippen molar-refractivity contribution in [1.29, 1.82) is 0 Å². The Bertz CT molecular complexity index is 836. The van der Waals surface area contributed by atoms with Gasteiger partial charge in [-0.25, -0.2) is 4.99 Å². The molecule has 5 fully saturated rings. The summed E-state index contributed by atoms with van der Waals surface area (Å²) in [5.41, 5.74) is 7.31.